The average molecular weight is 455 g/mol. The monoisotopic (exact) mass is 455 g/mol. The van der Waals surface area contributed by atoms with Crippen LogP contribution in [0.25, 0.3) is 27.7 Å². The number of fused-ring (bicyclic) bond motifs is 2. The van der Waals surface area contributed by atoms with Gasteiger partial charge in [0.05, 0.1) is 11.1 Å². The van der Waals surface area contributed by atoms with E-state index in [0.717, 1.165) is 41.9 Å². The molecule has 5 nitrogen and oxygen atoms in total. The van der Waals surface area contributed by atoms with E-state index in [0.29, 0.717) is 11.1 Å². The highest BCUT2D eigenvalue weighted by Crippen LogP contribution is 2.51. The first-order valence-corrected chi connectivity index (χ1v) is 11.0. The molecule has 168 valence electrons. The minimum atomic E-state index is -1.34. The van der Waals surface area contributed by atoms with Gasteiger partial charge in [-0.2, -0.15) is 0 Å². The Morgan fingerprint density at radius 1 is 1.00 bits per heavy atom. The van der Waals surface area contributed by atoms with Gasteiger partial charge >= 0.3 is 5.97 Å². The Labute approximate surface area is 193 Å². The van der Waals surface area contributed by atoms with Gasteiger partial charge in [0.15, 0.2) is 11.5 Å². The van der Waals surface area contributed by atoms with E-state index >= 15 is 0 Å². The molecule has 2 aromatic carbocycles. The van der Waals surface area contributed by atoms with E-state index in [4.69, 9.17) is 5.11 Å². The van der Waals surface area contributed by atoms with Crippen molar-refractivity contribution in [3.8, 4) is 11.1 Å². The first-order valence-electron chi connectivity index (χ1n) is 11.0. The van der Waals surface area contributed by atoms with Gasteiger partial charge in [0.2, 0.25) is 0 Å². The summed E-state index contributed by atoms with van der Waals surface area (Å²) < 4.78 is 31.0. The van der Waals surface area contributed by atoms with Crippen molar-refractivity contribution in [2.75, 3.05) is 0 Å². The van der Waals surface area contributed by atoms with Crippen molar-refractivity contribution < 1.29 is 18.7 Å². The molecule has 1 fully saturated rings. The number of pyridine rings is 2. The van der Waals surface area contributed by atoms with Gasteiger partial charge in [-0.15, -0.1) is 0 Å². The number of carboxylic acids is 1. The summed E-state index contributed by atoms with van der Waals surface area (Å²) in [5.74, 6) is -2.72. The zero-order valence-corrected chi connectivity index (χ0v) is 18.0. The maximum absolute atomic E-state index is 15.0. The minimum absolute atomic E-state index is 0.154. The standard InChI is InChI=1S/C27H19F2N3O2/c28-21-11-17(4-5-20(21)26(33)34)19-12-22(29)25-31-14-24(32(25)15-19)27(7-8-27)13-16-3-6-23-18(10-16)2-1-9-30-23/h1-6,9-12,14-15H,7-8,13H2,(H,33,34). The lowest BCUT2D eigenvalue weighted by Crippen LogP contribution is -2.14. The summed E-state index contributed by atoms with van der Waals surface area (Å²) in [5, 5.41) is 10.2. The van der Waals surface area contributed by atoms with E-state index in [1.807, 2.05) is 18.2 Å². The second-order valence-electron chi connectivity index (χ2n) is 8.90. The van der Waals surface area contributed by atoms with Crippen LogP contribution >= 0.6 is 0 Å². The Balaban J connectivity index is 1.41. The molecule has 7 heteroatoms. The smallest absolute Gasteiger partial charge is 0.338 e. The van der Waals surface area contributed by atoms with Gasteiger partial charge < -0.3 is 9.51 Å². The number of halogens is 2. The Morgan fingerprint density at radius 3 is 2.59 bits per heavy atom. The molecule has 0 atom stereocenters. The zero-order chi connectivity index (χ0) is 23.4. The number of benzene rings is 2. The van der Waals surface area contributed by atoms with Crippen molar-refractivity contribution in [2.24, 2.45) is 0 Å². The maximum Gasteiger partial charge on any atom is 0.338 e. The van der Waals surface area contributed by atoms with Gasteiger partial charge in [0, 0.05) is 40.6 Å². The minimum Gasteiger partial charge on any atom is -0.478 e. The van der Waals surface area contributed by atoms with E-state index in [1.165, 1.54) is 23.8 Å². The second kappa shape index (κ2) is 7.45. The molecule has 3 heterocycles. The van der Waals surface area contributed by atoms with Crippen LogP contribution in [0.2, 0.25) is 0 Å². The molecule has 0 spiro atoms. The zero-order valence-electron chi connectivity index (χ0n) is 18.0. The van der Waals surface area contributed by atoms with E-state index < -0.39 is 23.2 Å². The van der Waals surface area contributed by atoms with Crippen LogP contribution in [0.15, 0.2) is 73.2 Å². The summed E-state index contributed by atoms with van der Waals surface area (Å²) in [6, 6.07) is 15.3. The number of rotatable bonds is 5. The quantitative estimate of drug-likeness (QED) is 0.364. The van der Waals surface area contributed by atoms with Crippen molar-refractivity contribution in [1.29, 1.82) is 0 Å². The normalized spacial score (nSPS) is 14.5. The molecule has 1 N–H and O–H groups in total. The third-order valence-corrected chi connectivity index (χ3v) is 6.70. The molecule has 3 aromatic heterocycles. The Bertz CT molecular complexity index is 1600. The molecule has 34 heavy (non-hydrogen) atoms. The number of carboxylic acid groups (broad SMARTS) is 1. The Hall–Kier alpha value is -4.13. The highest BCUT2D eigenvalue weighted by atomic mass is 19.1. The summed E-state index contributed by atoms with van der Waals surface area (Å²) in [7, 11) is 0. The van der Waals surface area contributed by atoms with Crippen molar-refractivity contribution in [2.45, 2.75) is 24.7 Å². The van der Waals surface area contributed by atoms with Crippen LogP contribution in [0.4, 0.5) is 8.78 Å². The number of imidazole rings is 1. The van der Waals surface area contributed by atoms with E-state index in [2.05, 4.69) is 22.1 Å². The largest absolute Gasteiger partial charge is 0.478 e. The number of hydrogen-bond donors (Lipinski definition) is 1. The predicted octanol–water partition coefficient (Wildman–Crippen LogP) is 5.80. The number of nitrogens with zero attached hydrogens (tertiary/aromatic N) is 3. The highest BCUT2D eigenvalue weighted by molar-refractivity contribution is 5.88. The van der Waals surface area contributed by atoms with Gasteiger partial charge in [-0.1, -0.05) is 18.2 Å². The summed E-state index contributed by atoms with van der Waals surface area (Å²) in [6.07, 6.45) is 7.96. The second-order valence-corrected chi connectivity index (χ2v) is 8.90. The SMILES string of the molecule is O=C(O)c1ccc(-c2cc(F)c3ncc(C4(Cc5ccc6ncccc6c5)CC4)n3c2)cc1F. The molecule has 6 rings (SSSR count). The highest BCUT2D eigenvalue weighted by Gasteiger charge is 2.46. The summed E-state index contributed by atoms with van der Waals surface area (Å²) in [6.45, 7) is 0. The van der Waals surface area contributed by atoms with Crippen molar-refractivity contribution in [1.82, 2.24) is 14.4 Å². The third-order valence-electron chi connectivity index (χ3n) is 6.70. The van der Waals surface area contributed by atoms with Crippen LogP contribution in [0, 0.1) is 11.6 Å². The summed E-state index contributed by atoms with van der Waals surface area (Å²) >= 11 is 0. The van der Waals surface area contributed by atoms with Gasteiger partial charge in [-0.05, 0) is 66.8 Å². The van der Waals surface area contributed by atoms with Crippen LogP contribution in [-0.2, 0) is 11.8 Å². The fourth-order valence-electron chi connectivity index (χ4n) is 4.76. The van der Waals surface area contributed by atoms with Crippen LogP contribution in [0.1, 0.15) is 34.5 Å². The molecule has 0 saturated heterocycles. The molecule has 0 amide bonds. The number of hydrogen-bond acceptors (Lipinski definition) is 3. The van der Waals surface area contributed by atoms with Gasteiger partial charge in [0.1, 0.15) is 5.82 Å². The van der Waals surface area contributed by atoms with Crippen LogP contribution in [0.5, 0.6) is 0 Å². The lowest BCUT2D eigenvalue weighted by molar-refractivity contribution is 0.0692. The lowest BCUT2D eigenvalue weighted by atomic mass is 9.92. The molecule has 5 aromatic rings. The van der Waals surface area contributed by atoms with Crippen molar-refractivity contribution >= 4 is 22.5 Å². The van der Waals surface area contributed by atoms with Crippen LogP contribution in [-0.4, -0.2) is 25.4 Å². The fraction of sp³-hybridized carbons (Fsp3) is 0.148. The Morgan fingerprint density at radius 2 is 1.82 bits per heavy atom. The molecule has 1 aliphatic rings. The van der Waals surface area contributed by atoms with Gasteiger partial charge in [0.25, 0.3) is 0 Å². The average Bonchev–Trinajstić information content (AvgIpc) is 3.46. The lowest BCUT2D eigenvalue weighted by Gasteiger charge is -2.16. The topological polar surface area (TPSA) is 67.5 Å². The van der Waals surface area contributed by atoms with E-state index in [9.17, 15) is 13.6 Å². The fourth-order valence-corrected chi connectivity index (χ4v) is 4.76. The van der Waals surface area contributed by atoms with Crippen LogP contribution < -0.4 is 0 Å². The third kappa shape index (κ3) is 3.32. The van der Waals surface area contributed by atoms with E-state index in [-0.39, 0.29) is 11.1 Å². The number of aromatic carboxylic acids is 1. The molecular weight excluding hydrogens is 436 g/mol. The molecular formula is C27H19F2N3O2. The van der Waals surface area contributed by atoms with Crippen molar-refractivity contribution in [3.05, 3.63) is 102 Å². The van der Waals surface area contributed by atoms with Crippen molar-refractivity contribution in [3.63, 3.8) is 0 Å². The number of aromatic nitrogens is 3. The van der Waals surface area contributed by atoms with E-state index in [1.54, 1.807) is 23.0 Å². The molecule has 0 unspecified atom stereocenters. The molecule has 1 aliphatic carbocycles. The summed E-state index contributed by atoms with van der Waals surface area (Å²) in [4.78, 5) is 19.8. The molecule has 0 bridgehead atoms. The first kappa shape index (κ1) is 20.5. The maximum atomic E-state index is 15.0. The van der Waals surface area contributed by atoms with Gasteiger partial charge in [-0.25, -0.2) is 18.6 Å². The number of carbonyl (C=O) groups is 1. The summed E-state index contributed by atoms with van der Waals surface area (Å²) in [5.41, 5.74) is 3.53. The first-order chi connectivity index (χ1) is 16.4. The molecule has 0 aliphatic heterocycles. The Kier molecular flexibility index (Phi) is 4.49. The molecule has 0 radical (unpaired) electrons. The predicted molar refractivity (Wildman–Crippen MR) is 124 cm³/mol. The molecule has 1 saturated carbocycles. The van der Waals surface area contributed by atoms with Crippen LogP contribution in [0.3, 0.4) is 0 Å². The van der Waals surface area contributed by atoms with Gasteiger partial charge in [-0.3, -0.25) is 4.98 Å².